The van der Waals surface area contributed by atoms with Crippen LogP contribution in [0.4, 0.5) is 5.69 Å². The molecule has 8 nitrogen and oxygen atoms in total. The summed E-state index contributed by atoms with van der Waals surface area (Å²) in [5, 5.41) is 0. The number of rotatable bonds is 4. The molecule has 4 atom stereocenters. The maximum atomic E-state index is 13.4. The van der Waals surface area contributed by atoms with Crippen LogP contribution in [-0.2, 0) is 33.4 Å². The van der Waals surface area contributed by atoms with Crippen LogP contribution >= 0.6 is 15.9 Å². The van der Waals surface area contributed by atoms with Crippen molar-refractivity contribution in [3.8, 4) is 0 Å². The number of imide groups is 1. The van der Waals surface area contributed by atoms with Crippen LogP contribution in [0.5, 0.6) is 0 Å². The lowest BCUT2D eigenvalue weighted by Crippen LogP contribution is -2.52. The highest BCUT2D eigenvalue weighted by Crippen LogP contribution is 2.54. The first-order valence-electron chi connectivity index (χ1n) is 9.01. The van der Waals surface area contributed by atoms with E-state index >= 15 is 0 Å². The molecule has 1 aromatic carbocycles. The minimum absolute atomic E-state index is 0.406. The largest absolute Gasteiger partial charge is 0.422 e. The Morgan fingerprint density at radius 2 is 1.83 bits per heavy atom. The van der Waals surface area contributed by atoms with Gasteiger partial charge in [0.25, 0.3) is 6.29 Å². The molecule has 2 saturated heterocycles. The van der Waals surface area contributed by atoms with E-state index in [4.69, 9.17) is 14.2 Å². The molecule has 0 aliphatic carbocycles. The van der Waals surface area contributed by atoms with E-state index in [1.165, 1.54) is 0 Å². The summed E-state index contributed by atoms with van der Waals surface area (Å²) >= 11 is 3.42. The molecule has 29 heavy (non-hydrogen) atoms. The Kier molecular flexibility index (Phi) is 4.62. The van der Waals surface area contributed by atoms with Gasteiger partial charge in [0.1, 0.15) is 0 Å². The average Bonchev–Trinajstić information content (AvgIpc) is 3.28. The van der Waals surface area contributed by atoms with Gasteiger partial charge in [-0.05, 0) is 30.7 Å². The number of hydrogen-bond acceptors (Lipinski definition) is 7. The molecule has 3 heterocycles. The Morgan fingerprint density at radius 3 is 2.41 bits per heavy atom. The topological polar surface area (TPSA) is 99.2 Å². The summed E-state index contributed by atoms with van der Waals surface area (Å²) in [5.41, 5.74) is -0.159. The first kappa shape index (κ1) is 19.8. The number of carbonyl (C=O) groups excluding carboxylic acids is 4. The molecule has 2 amide bonds. The van der Waals surface area contributed by atoms with Crippen LogP contribution in [0, 0.1) is 18.8 Å². The molecule has 2 fully saturated rings. The fourth-order valence-electron chi connectivity index (χ4n) is 4.19. The summed E-state index contributed by atoms with van der Waals surface area (Å²) in [4.78, 5) is 50.8. The van der Waals surface area contributed by atoms with Gasteiger partial charge in [-0.25, -0.2) is 4.90 Å². The fraction of sp³-hybridized carbons (Fsp3) is 0.400. The number of ether oxygens (including phenoxy) is 3. The molecular formula is C20H18BrNO7. The smallest absolute Gasteiger partial charge is 0.305 e. The maximum Gasteiger partial charge on any atom is 0.305 e. The maximum absolute atomic E-state index is 13.4. The van der Waals surface area contributed by atoms with Crippen molar-refractivity contribution in [2.75, 3.05) is 4.90 Å². The first-order valence-corrected chi connectivity index (χ1v) is 9.80. The van der Waals surface area contributed by atoms with Crippen LogP contribution < -0.4 is 4.90 Å². The second-order valence-corrected chi connectivity index (χ2v) is 8.15. The molecular weight excluding hydrogens is 446 g/mol. The van der Waals surface area contributed by atoms with Crippen LogP contribution in [0.2, 0.25) is 0 Å². The Morgan fingerprint density at radius 1 is 1.17 bits per heavy atom. The number of aryl methyl sites for hydroxylation is 1. The van der Waals surface area contributed by atoms with E-state index in [2.05, 4.69) is 15.9 Å². The van der Waals surface area contributed by atoms with E-state index in [0.717, 1.165) is 28.8 Å². The quantitative estimate of drug-likeness (QED) is 0.291. The molecule has 3 aliphatic heterocycles. The average molecular weight is 464 g/mol. The van der Waals surface area contributed by atoms with E-state index in [0.29, 0.717) is 5.69 Å². The van der Waals surface area contributed by atoms with Crippen molar-refractivity contribution in [2.45, 2.75) is 38.8 Å². The molecule has 0 N–H and O–H groups in total. The van der Waals surface area contributed by atoms with Crippen LogP contribution in [0.25, 0.3) is 0 Å². The summed E-state index contributed by atoms with van der Waals surface area (Å²) in [6.45, 7) is 4.22. The van der Waals surface area contributed by atoms with Gasteiger partial charge >= 0.3 is 11.9 Å². The van der Waals surface area contributed by atoms with Crippen molar-refractivity contribution in [2.24, 2.45) is 11.8 Å². The summed E-state index contributed by atoms with van der Waals surface area (Å²) < 4.78 is 17.0. The predicted molar refractivity (Wildman–Crippen MR) is 102 cm³/mol. The molecule has 0 aromatic heterocycles. The third-order valence-electron chi connectivity index (χ3n) is 5.41. The highest BCUT2D eigenvalue weighted by Gasteiger charge is 2.72. The zero-order valence-corrected chi connectivity index (χ0v) is 17.5. The Bertz CT molecular complexity index is 958. The number of fused-ring (bicyclic) bond motifs is 5. The van der Waals surface area contributed by atoms with E-state index in [1.807, 2.05) is 6.92 Å². The van der Waals surface area contributed by atoms with Gasteiger partial charge in [-0.2, -0.15) is 0 Å². The molecule has 3 aliphatic rings. The standard InChI is InChI=1S/C20H18BrNO7/c1-9-4-5-12(8-13(9)21)22-17(25)15-14-6-7-20(29-14,16(15)18(22)26)19(27-10(2)23)28-11(3)24/h4-8,14-16,19H,1-3H3/t14-,15-,16-,20+/m1/s1. The number of carbonyl (C=O) groups is 4. The SMILES string of the molecule is CC(=O)OC(OC(C)=O)[C@@]12C=C[C@@H](O1)[C@H]1C(=O)N(c3ccc(C)c(Br)c3)C(=O)[C@@H]12. The van der Waals surface area contributed by atoms with Gasteiger partial charge in [-0.3, -0.25) is 19.2 Å². The number of hydrogen-bond donors (Lipinski definition) is 0. The zero-order valence-electron chi connectivity index (χ0n) is 15.9. The van der Waals surface area contributed by atoms with Crippen LogP contribution in [0.3, 0.4) is 0 Å². The zero-order chi connectivity index (χ0) is 21.1. The number of halogens is 1. The highest BCUT2D eigenvalue weighted by atomic mass is 79.9. The second-order valence-electron chi connectivity index (χ2n) is 7.29. The summed E-state index contributed by atoms with van der Waals surface area (Å²) in [5.74, 6) is -4.07. The number of amides is 2. The van der Waals surface area contributed by atoms with Crippen molar-refractivity contribution in [3.63, 3.8) is 0 Å². The number of benzene rings is 1. The molecule has 152 valence electrons. The molecule has 1 aromatic rings. The normalized spacial score (nSPS) is 29.6. The monoisotopic (exact) mass is 463 g/mol. The van der Waals surface area contributed by atoms with E-state index < -0.39 is 53.6 Å². The third kappa shape index (κ3) is 2.91. The highest BCUT2D eigenvalue weighted by molar-refractivity contribution is 9.10. The number of nitrogens with zero attached hydrogens (tertiary/aromatic N) is 1. The molecule has 9 heteroatoms. The van der Waals surface area contributed by atoms with Crippen LogP contribution in [0.15, 0.2) is 34.8 Å². The van der Waals surface area contributed by atoms with Gasteiger partial charge < -0.3 is 14.2 Å². The second kappa shape index (κ2) is 6.77. The van der Waals surface area contributed by atoms with E-state index in [1.54, 1.807) is 30.4 Å². The van der Waals surface area contributed by atoms with Crippen molar-refractivity contribution in [1.29, 1.82) is 0 Å². The summed E-state index contributed by atoms with van der Waals surface area (Å²) in [7, 11) is 0. The lowest BCUT2D eigenvalue weighted by molar-refractivity contribution is -0.226. The molecule has 0 saturated carbocycles. The van der Waals surface area contributed by atoms with Gasteiger partial charge in [0, 0.05) is 18.3 Å². The van der Waals surface area contributed by atoms with Crippen molar-refractivity contribution in [3.05, 3.63) is 40.4 Å². The van der Waals surface area contributed by atoms with Crippen LogP contribution in [-0.4, -0.2) is 41.7 Å². The Balaban J connectivity index is 1.75. The lowest BCUT2D eigenvalue weighted by Gasteiger charge is -2.34. The van der Waals surface area contributed by atoms with Gasteiger partial charge in [-0.15, -0.1) is 0 Å². The van der Waals surface area contributed by atoms with Gasteiger partial charge in [0.05, 0.1) is 23.6 Å². The van der Waals surface area contributed by atoms with Gasteiger partial charge in [-0.1, -0.05) is 28.1 Å². The lowest BCUT2D eigenvalue weighted by atomic mass is 9.76. The van der Waals surface area contributed by atoms with Crippen molar-refractivity contribution in [1.82, 2.24) is 0 Å². The van der Waals surface area contributed by atoms with Crippen molar-refractivity contribution >= 4 is 45.4 Å². The molecule has 0 spiro atoms. The fourth-order valence-corrected chi connectivity index (χ4v) is 4.56. The van der Waals surface area contributed by atoms with E-state index in [-0.39, 0.29) is 0 Å². The Hall–Kier alpha value is -2.52. The van der Waals surface area contributed by atoms with E-state index in [9.17, 15) is 19.2 Å². The van der Waals surface area contributed by atoms with Gasteiger partial charge in [0.2, 0.25) is 11.8 Å². The first-order chi connectivity index (χ1) is 13.7. The van der Waals surface area contributed by atoms with Crippen LogP contribution in [0.1, 0.15) is 19.4 Å². The molecule has 0 radical (unpaired) electrons. The minimum Gasteiger partial charge on any atom is -0.422 e. The van der Waals surface area contributed by atoms with Crippen molar-refractivity contribution < 1.29 is 33.4 Å². The number of esters is 2. The summed E-state index contributed by atoms with van der Waals surface area (Å²) in [6.07, 6.45) is 1.04. The Labute approximate surface area is 174 Å². The molecule has 0 unspecified atom stereocenters. The van der Waals surface area contributed by atoms with Gasteiger partial charge in [0.15, 0.2) is 5.60 Å². The minimum atomic E-state index is -1.55. The molecule has 2 bridgehead atoms. The molecule has 4 rings (SSSR count). The third-order valence-corrected chi connectivity index (χ3v) is 6.26. The predicted octanol–water partition coefficient (Wildman–Crippen LogP) is 2.02. The number of anilines is 1. The summed E-state index contributed by atoms with van der Waals surface area (Å²) in [6, 6.07) is 5.19.